The fraction of sp³-hybridized carbons (Fsp3) is 0.545. The molecule has 3 nitrogen and oxygen atoms in total. The van der Waals surface area contributed by atoms with Crippen LogP contribution in [0.25, 0.3) is 0 Å². The predicted octanol–water partition coefficient (Wildman–Crippen LogP) is 0.774. The molecule has 3 N–H and O–H groups in total. The van der Waals surface area contributed by atoms with E-state index in [0.29, 0.717) is 0 Å². The maximum Gasteiger partial charge on any atom is 0 e. The number of aliphatic hydroxyl groups is 3. The SMILES string of the molecule is CO.CO.CO.[CH3][Ge]([CH3])([CH3])[c-]1cccc1.[Hf]. The standard InChI is InChI=1S/C8H13Ge.3CH4O.Hf/c1-9(2,3)8-6-4-5-7-8;3*1-2;/h4-7H,1-3H3;3*2H,1H3;/q-1;;;;. The predicted molar refractivity (Wildman–Crippen MR) is 69.4 cm³/mol. The van der Waals surface area contributed by atoms with Crippen molar-refractivity contribution in [3.8, 4) is 0 Å². The number of rotatable bonds is 1. The van der Waals surface area contributed by atoms with Crippen molar-refractivity contribution >= 4 is 17.7 Å². The summed E-state index contributed by atoms with van der Waals surface area (Å²) in [6.45, 7) is 0. The minimum Gasteiger partial charge on any atom is 0 e. The van der Waals surface area contributed by atoms with Crippen LogP contribution in [0.5, 0.6) is 0 Å². The number of hydrogen-bond donors (Lipinski definition) is 3. The molecular formula is C11H25GeHfO3-. The Morgan fingerprint density at radius 3 is 1.12 bits per heavy atom. The Morgan fingerprint density at radius 2 is 1.00 bits per heavy atom. The molecule has 0 aliphatic rings. The average Bonchev–Trinajstić information content (AvgIpc) is 2.79. The van der Waals surface area contributed by atoms with Gasteiger partial charge in [0.15, 0.2) is 0 Å². The van der Waals surface area contributed by atoms with Crippen LogP contribution in [-0.4, -0.2) is 49.9 Å². The second-order valence-electron chi connectivity index (χ2n) is 3.42. The summed E-state index contributed by atoms with van der Waals surface area (Å²) in [5.74, 6) is 7.24. The van der Waals surface area contributed by atoms with Gasteiger partial charge in [-0.3, -0.25) is 0 Å². The average molecular weight is 456 g/mol. The van der Waals surface area contributed by atoms with Gasteiger partial charge in [-0.2, -0.15) is 0 Å². The van der Waals surface area contributed by atoms with Crippen molar-refractivity contribution in [1.29, 1.82) is 0 Å². The van der Waals surface area contributed by atoms with Crippen molar-refractivity contribution in [1.82, 2.24) is 0 Å². The summed E-state index contributed by atoms with van der Waals surface area (Å²) in [7, 11) is 3.00. The first kappa shape index (κ1) is 25.5. The van der Waals surface area contributed by atoms with Crippen LogP contribution in [0.2, 0.25) is 17.3 Å². The quantitative estimate of drug-likeness (QED) is 0.433. The molecule has 0 amide bonds. The van der Waals surface area contributed by atoms with Crippen molar-refractivity contribution in [3.05, 3.63) is 24.3 Å². The Morgan fingerprint density at radius 1 is 0.750 bits per heavy atom. The van der Waals surface area contributed by atoms with Crippen molar-refractivity contribution in [2.24, 2.45) is 0 Å². The van der Waals surface area contributed by atoms with E-state index in [1.54, 1.807) is 4.40 Å². The number of aliphatic hydroxyl groups excluding tert-OH is 3. The third-order valence-electron chi connectivity index (χ3n) is 1.53. The smallest absolute Gasteiger partial charge is 0 e. The summed E-state index contributed by atoms with van der Waals surface area (Å²) in [4.78, 5) is 0. The van der Waals surface area contributed by atoms with Crippen LogP contribution in [0.15, 0.2) is 24.3 Å². The zero-order chi connectivity index (χ0) is 12.9. The summed E-state index contributed by atoms with van der Waals surface area (Å²) in [5.41, 5.74) is 0. The van der Waals surface area contributed by atoms with Gasteiger partial charge in [0.2, 0.25) is 0 Å². The molecular weight excluding hydrogens is 431 g/mol. The fourth-order valence-corrected chi connectivity index (χ4v) is 3.38. The molecule has 1 aromatic carbocycles. The van der Waals surface area contributed by atoms with Gasteiger partial charge in [-0.1, -0.05) is 0 Å². The maximum atomic E-state index is 7.00. The van der Waals surface area contributed by atoms with Gasteiger partial charge in [-0.15, -0.1) is 0 Å². The Labute approximate surface area is 121 Å². The third kappa shape index (κ3) is 14.6. The van der Waals surface area contributed by atoms with E-state index in [0.717, 1.165) is 21.3 Å². The molecule has 0 heterocycles. The second kappa shape index (κ2) is 18.0. The first-order valence-electron chi connectivity index (χ1n) is 4.67. The van der Waals surface area contributed by atoms with E-state index in [9.17, 15) is 0 Å². The minimum absolute atomic E-state index is 0. The molecule has 0 unspecified atom stereocenters. The van der Waals surface area contributed by atoms with E-state index in [1.165, 1.54) is 0 Å². The topological polar surface area (TPSA) is 60.7 Å². The first-order chi connectivity index (χ1) is 7.11. The normalized spacial score (nSPS) is 7.81. The third-order valence-corrected chi connectivity index (χ3v) is 5.86. The van der Waals surface area contributed by atoms with Crippen molar-refractivity contribution < 1.29 is 41.2 Å². The molecule has 0 saturated carbocycles. The van der Waals surface area contributed by atoms with E-state index < -0.39 is 13.3 Å². The molecule has 16 heavy (non-hydrogen) atoms. The Bertz CT molecular complexity index is 184. The van der Waals surface area contributed by atoms with Gasteiger partial charge in [-0.05, 0) is 0 Å². The molecule has 0 aromatic heterocycles. The van der Waals surface area contributed by atoms with Crippen LogP contribution in [0.3, 0.4) is 0 Å². The maximum absolute atomic E-state index is 7.00. The molecule has 0 saturated heterocycles. The van der Waals surface area contributed by atoms with Crippen LogP contribution in [0, 0.1) is 0 Å². The van der Waals surface area contributed by atoms with Crippen LogP contribution in [-0.2, 0) is 25.8 Å². The first-order valence-corrected chi connectivity index (χ1v) is 12.0. The molecule has 0 atom stereocenters. The largest absolute Gasteiger partial charge is 0 e. The van der Waals surface area contributed by atoms with Crippen molar-refractivity contribution in [3.63, 3.8) is 0 Å². The minimum atomic E-state index is -1.44. The molecule has 0 spiro atoms. The van der Waals surface area contributed by atoms with E-state index in [-0.39, 0.29) is 25.8 Å². The molecule has 5 heteroatoms. The van der Waals surface area contributed by atoms with E-state index >= 15 is 0 Å². The van der Waals surface area contributed by atoms with Crippen molar-refractivity contribution in [2.45, 2.75) is 17.3 Å². The summed E-state index contributed by atoms with van der Waals surface area (Å²) in [6.07, 6.45) is 0. The Balaban J connectivity index is -0.0000000900. The summed E-state index contributed by atoms with van der Waals surface area (Å²) < 4.78 is 1.61. The van der Waals surface area contributed by atoms with Gasteiger partial charge in [0.05, 0.1) is 0 Å². The van der Waals surface area contributed by atoms with Crippen molar-refractivity contribution in [2.75, 3.05) is 21.3 Å². The van der Waals surface area contributed by atoms with Crippen LogP contribution < -0.4 is 4.40 Å². The molecule has 0 bridgehead atoms. The van der Waals surface area contributed by atoms with Gasteiger partial charge in [0, 0.05) is 47.2 Å². The molecule has 1 aromatic rings. The van der Waals surface area contributed by atoms with E-state index in [1.807, 2.05) is 0 Å². The van der Waals surface area contributed by atoms with Crippen LogP contribution in [0.1, 0.15) is 0 Å². The van der Waals surface area contributed by atoms with Gasteiger partial charge in [0.1, 0.15) is 0 Å². The van der Waals surface area contributed by atoms with Gasteiger partial charge < -0.3 is 15.3 Å². The molecule has 1 rings (SSSR count). The van der Waals surface area contributed by atoms with E-state index in [4.69, 9.17) is 15.3 Å². The zero-order valence-electron chi connectivity index (χ0n) is 11.2. The van der Waals surface area contributed by atoms with Crippen LogP contribution in [0.4, 0.5) is 0 Å². The fourth-order valence-electron chi connectivity index (χ4n) is 0.874. The summed E-state index contributed by atoms with van der Waals surface area (Å²) >= 11 is -1.44. The molecule has 0 aliphatic heterocycles. The number of hydrogen-bond acceptors (Lipinski definition) is 3. The monoisotopic (exact) mass is 459 g/mol. The van der Waals surface area contributed by atoms with Gasteiger partial charge in [0.25, 0.3) is 0 Å². The van der Waals surface area contributed by atoms with Gasteiger partial charge >= 0.3 is 59.2 Å². The Hall–Kier alpha value is 0.643. The second-order valence-corrected chi connectivity index (χ2v) is 14.1. The summed E-state index contributed by atoms with van der Waals surface area (Å²) in [5, 5.41) is 21.0. The van der Waals surface area contributed by atoms with Gasteiger partial charge in [-0.25, -0.2) is 0 Å². The Kier molecular flexibility index (Phi) is 28.7. The summed E-state index contributed by atoms with van der Waals surface area (Å²) in [6, 6.07) is 8.76. The molecule has 0 radical (unpaired) electrons. The molecule has 0 aliphatic carbocycles. The van der Waals surface area contributed by atoms with E-state index in [2.05, 4.69) is 41.5 Å². The molecule has 96 valence electrons. The van der Waals surface area contributed by atoms with Crippen LogP contribution >= 0.6 is 0 Å². The molecule has 0 fully saturated rings. The zero-order valence-corrected chi connectivity index (χ0v) is 16.8.